The number of nitrogens with zero attached hydrogens (tertiary/aromatic N) is 2. The topological polar surface area (TPSA) is 103 Å². The Labute approximate surface area is 157 Å². The fourth-order valence-electron chi connectivity index (χ4n) is 2.60. The van der Waals surface area contributed by atoms with Crippen LogP contribution in [-0.4, -0.2) is 27.3 Å². The molecule has 3 aromatic heterocycles. The molecule has 0 spiro atoms. The van der Waals surface area contributed by atoms with Crippen molar-refractivity contribution in [3.63, 3.8) is 0 Å². The number of nitrogens with one attached hydrogen (secondary N) is 1. The van der Waals surface area contributed by atoms with Crippen molar-refractivity contribution in [2.24, 2.45) is 0 Å². The van der Waals surface area contributed by atoms with E-state index in [2.05, 4.69) is 15.3 Å². The first-order valence-electron chi connectivity index (χ1n) is 7.47. The third-order valence-corrected chi connectivity index (χ3v) is 4.90. The average molecular weight is 384 g/mol. The van der Waals surface area contributed by atoms with E-state index in [1.807, 2.05) is 6.07 Å². The highest BCUT2D eigenvalue weighted by Crippen LogP contribution is 2.34. The van der Waals surface area contributed by atoms with E-state index >= 15 is 0 Å². The Kier molecular flexibility index (Phi) is 4.09. The fraction of sp³-hybridized carbons (Fsp3) is 0.0588. The molecule has 4 heterocycles. The van der Waals surface area contributed by atoms with Crippen molar-refractivity contribution < 1.29 is 13.9 Å². The van der Waals surface area contributed by atoms with Crippen molar-refractivity contribution in [2.45, 2.75) is 0 Å². The third kappa shape index (κ3) is 2.91. The highest BCUT2D eigenvalue weighted by molar-refractivity contribution is 8.26. The first-order chi connectivity index (χ1) is 12.5. The summed E-state index contributed by atoms with van der Waals surface area (Å²) in [6.07, 6.45) is 6.67. The molecule has 1 aliphatic rings. The third-order valence-electron chi connectivity index (χ3n) is 3.74. The lowest BCUT2D eigenvalue weighted by Gasteiger charge is -2.06. The first kappa shape index (κ1) is 16.6. The van der Waals surface area contributed by atoms with Gasteiger partial charge in [0.25, 0.3) is 5.91 Å². The van der Waals surface area contributed by atoms with Gasteiger partial charge in [0.05, 0.1) is 17.7 Å². The minimum atomic E-state index is -0.231. The number of hydrogen-bond acceptors (Lipinski definition) is 8. The number of nitrogens with two attached hydrogens (primary N) is 1. The predicted molar refractivity (Wildman–Crippen MR) is 105 cm³/mol. The van der Waals surface area contributed by atoms with E-state index in [-0.39, 0.29) is 5.91 Å². The number of ether oxygens (including phenoxy) is 1. The Morgan fingerprint density at radius 2 is 2.19 bits per heavy atom. The summed E-state index contributed by atoms with van der Waals surface area (Å²) in [4.78, 5) is 20.7. The Hall–Kier alpha value is -2.91. The maximum Gasteiger partial charge on any atom is 0.263 e. The summed E-state index contributed by atoms with van der Waals surface area (Å²) in [5, 5.41) is 3.37. The van der Waals surface area contributed by atoms with Gasteiger partial charge in [-0.15, -0.1) is 0 Å². The molecule has 3 aromatic rings. The van der Waals surface area contributed by atoms with Crippen LogP contribution >= 0.6 is 24.0 Å². The van der Waals surface area contributed by atoms with E-state index < -0.39 is 0 Å². The van der Waals surface area contributed by atoms with E-state index in [1.54, 1.807) is 30.7 Å². The van der Waals surface area contributed by atoms with E-state index in [1.165, 1.54) is 18.9 Å². The Morgan fingerprint density at radius 1 is 1.35 bits per heavy atom. The minimum absolute atomic E-state index is 0.231. The molecule has 0 atom stereocenters. The van der Waals surface area contributed by atoms with Crippen molar-refractivity contribution in [3.8, 4) is 17.0 Å². The number of thiocarbonyl (C=S) groups is 1. The lowest BCUT2D eigenvalue weighted by atomic mass is 10.1. The highest BCUT2D eigenvalue weighted by Gasteiger charge is 2.23. The summed E-state index contributed by atoms with van der Waals surface area (Å²) in [5.74, 6) is 0.663. The van der Waals surface area contributed by atoms with E-state index in [0.29, 0.717) is 32.1 Å². The van der Waals surface area contributed by atoms with Crippen molar-refractivity contribution in [3.05, 3.63) is 41.4 Å². The number of aromatic nitrogens is 2. The summed E-state index contributed by atoms with van der Waals surface area (Å²) >= 11 is 6.19. The largest absolute Gasteiger partial charge is 0.480 e. The summed E-state index contributed by atoms with van der Waals surface area (Å²) in [6.45, 7) is 0. The fourth-order valence-corrected chi connectivity index (χ4v) is 3.62. The smallest absolute Gasteiger partial charge is 0.263 e. The number of furan rings is 1. The van der Waals surface area contributed by atoms with Gasteiger partial charge in [-0.05, 0) is 12.1 Å². The van der Waals surface area contributed by atoms with Crippen LogP contribution in [0.5, 0.6) is 5.88 Å². The summed E-state index contributed by atoms with van der Waals surface area (Å²) in [6, 6.07) is 3.57. The molecule has 26 heavy (non-hydrogen) atoms. The molecule has 1 saturated heterocycles. The monoisotopic (exact) mass is 384 g/mol. The number of anilines is 1. The Morgan fingerprint density at radius 3 is 2.88 bits per heavy atom. The van der Waals surface area contributed by atoms with Crippen LogP contribution in [0.1, 0.15) is 5.76 Å². The first-order valence-corrected chi connectivity index (χ1v) is 8.70. The second kappa shape index (κ2) is 6.43. The summed E-state index contributed by atoms with van der Waals surface area (Å²) in [7, 11) is 1.51. The number of fused-ring (bicyclic) bond motifs is 1. The number of rotatable bonds is 3. The highest BCUT2D eigenvalue weighted by atomic mass is 32.2. The second-order valence-electron chi connectivity index (χ2n) is 5.43. The summed E-state index contributed by atoms with van der Waals surface area (Å²) < 4.78 is 11.5. The van der Waals surface area contributed by atoms with Crippen LogP contribution in [0.15, 0.2) is 40.0 Å². The van der Waals surface area contributed by atoms with Crippen molar-refractivity contribution >= 4 is 56.9 Å². The molecular formula is C17H12N4O3S2. The SMILES string of the molecule is COc1ncc(-c2cncc3cc(/C=C4/SC(=S)NC4=O)oc23)cc1N. The van der Waals surface area contributed by atoms with Crippen molar-refractivity contribution in [1.29, 1.82) is 0 Å². The number of thioether (sulfide) groups is 1. The van der Waals surface area contributed by atoms with Crippen molar-refractivity contribution in [1.82, 2.24) is 15.3 Å². The minimum Gasteiger partial charge on any atom is -0.480 e. The maximum absolute atomic E-state index is 11.8. The molecule has 0 aromatic carbocycles. The number of pyridine rings is 2. The number of amides is 1. The molecule has 7 nitrogen and oxygen atoms in total. The zero-order valence-corrected chi connectivity index (χ0v) is 15.1. The molecule has 1 aliphatic heterocycles. The molecule has 4 rings (SSSR count). The van der Waals surface area contributed by atoms with Gasteiger partial charge in [-0.25, -0.2) is 4.98 Å². The molecule has 0 radical (unpaired) electrons. The van der Waals surface area contributed by atoms with Gasteiger partial charge < -0.3 is 20.2 Å². The molecule has 1 amide bonds. The van der Waals surface area contributed by atoms with Crippen LogP contribution in [0.25, 0.3) is 28.2 Å². The molecular weight excluding hydrogens is 372 g/mol. The standard InChI is InChI=1S/C17H12N4O3S2/c1-23-16-12(18)3-8(6-20-16)11-7-19-5-9-2-10(24-14(9)11)4-13-15(22)21-17(25)26-13/h2-7H,18H2,1H3,(H,21,22,25)/b13-4+. The van der Waals surface area contributed by atoms with Gasteiger partial charge >= 0.3 is 0 Å². The van der Waals surface area contributed by atoms with E-state index in [0.717, 1.165) is 16.5 Å². The van der Waals surface area contributed by atoms with Gasteiger partial charge in [0.15, 0.2) is 0 Å². The summed E-state index contributed by atoms with van der Waals surface area (Å²) in [5.41, 5.74) is 8.49. The molecule has 0 bridgehead atoms. The lowest BCUT2D eigenvalue weighted by Crippen LogP contribution is -2.17. The van der Waals surface area contributed by atoms with Crippen LogP contribution in [0, 0.1) is 0 Å². The zero-order chi connectivity index (χ0) is 18.3. The van der Waals surface area contributed by atoms with Crippen molar-refractivity contribution in [2.75, 3.05) is 12.8 Å². The van der Waals surface area contributed by atoms with Crippen LogP contribution in [0.3, 0.4) is 0 Å². The average Bonchev–Trinajstić information content (AvgIpc) is 3.16. The number of methoxy groups -OCH3 is 1. The number of carbonyl (C=O) groups is 1. The number of hydrogen-bond donors (Lipinski definition) is 2. The van der Waals surface area contributed by atoms with Gasteiger partial charge in [-0.3, -0.25) is 9.78 Å². The molecule has 1 fully saturated rings. The molecule has 0 saturated carbocycles. The molecule has 130 valence electrons. The van der Waals surface area contributed by atoms with Crippen LogP contribution in [0.2, 0.25) is 0 Å². The zero-order valence-electron chi connectivity index (χ0n) is 13.5. The molecule has 3 N–H and O–H groups in total. The number of carbonyl (C=O) groups excluding carboxylic acids is 1. The maximum atomic E-state index is 11.8. The van der Waals surface area contributed by atoms with Gasteiger partial charge in [0, 0.05) is 41.2 Å². The number of nitrogen functional groups attached to an aromatic ring is 1. The van der Waals surface area contributed by atoms with Gasteiger partial charge in [0.2, 0.25) is 5.88 Å². The second-order valence-corrected chi connectivity index (χ2v) is 7.15. The van der Waals surface area contributed by atoms with E-state index in [9.17, 15) is 4.79 Å². The van der Waals surface area contributed by atoms with E-state index in [4.69, 9.17) is 27.1 Å². The molecule has 9 heteroatoms. The molecule has 0 unspecified atom stereocenters. The van der Waals surface area contributed by atoms with Gasteiger partial charge in [-0.1, -0.05) is 24.0 Å². The molecule has 0 aliphatic carbocycles. The van der Waals surface area contributed by atoms with Crippen LogP contribution in [-0.2, 0) is 4.79 Å². The Balaban J connectivity index is 1.79. The lowest BCUT2D eigenvalue weighted by molar-refractivity contribution is -0.115. The van der Waals surface area contributed by atoms with Gasteiger partial charge in [0.1, 0.15) is 15.7 Å². The predicted octanol–water partition coefficient (Wildman–Crippen LogP) is 2.97. The van der Waals surface area contributed by atoms with Gasteiger partial charge in [-0.2, -0.15) is 0 Å². The normalized spacial score (nSPS) is 15.7. The quantitative estimate of drug-likeness (QED) is 0.525. The van der Waals surface area contributed by atoms with Crippen LogP contribution in [0.4, 0.5) is 5.69 Å². The Bertz CT molecular complexity index is 1090. The van der Waals surface area contributed by atoms with Crippen LogP contribution < -0.4 is 15.8 Å².